The van der Waals surface area contributed by atoms with E-state index in [4.69, 9.17) is 17.3 Å². The van der Waals surface area contributed by atoms with Crippen LogP contribution in [0.2, 0.25) is 5.02 Å². The summed E-state index contributed by atoms with van der Waals surface area (Å²) in [5.41, 5.74) is 13.4. The molecule has 0 bridgehead atoms. The quantitative estimate of drug-likeness (QED) is 0.155. The minimum absolute atomic E-state index is 0. The lowest BCUT2D eigenvalue weighted by Crippen LogP contribution is -2.25. The molecule has 10 heteroatoms. The molecule has 1 unspecified atom stereocenters. The monoisotopic (exact) mass is 582 g/mol. The van der Waals surface area contributed by atoms with Crippen molar-refractivity contribution in [2.75, 3.05) is 11.6 Å². The van der Waals surface area contributed by atoms with Crippen molar-refractivity contribution >= 4 is 45.3 Å². The van der Waals surface area contributed by atoms with E-state index in [1.54, 1.807) is 12.5 Å². The molecular weight excluding hydrogens is 547 g/mol. The fourth-order valence-corrected chi connectivity index (χ4v) is 5.57. The number of nitrogens with two attached hydrogens (primary N) is 1. The number of benzene rings is 2. The number of nitrogens with one attached hydrogen (secondary N) is 2. The van der Waals surface area contributed by atoms with Crippen LogP contribution in [0.1, 0.15) is 56.2 Å². The summed E-state index contributed by atoms with van der Waals surface area (Å²) in [6, 6.07) is 12.6. The summed E-state index contributed by atoms with van der Waals surface area (Å²) in [4.78, 5) is 4.48. The van der Waals surface area contributed by atoms with Gasteiger partial charge in [-0.3, -0.25) is 0 Å². The van der Waals surface area contributed by atoms with Gasteiger partial charge in [-0.15, -0.1) is 0 Å². The normalized spacial score (nSPS) is 15.2. The molecule has 7 nitrogen and oxygen atoms in total. The summed E-state index contributed by atoms with van der Waals surface area (Å²) in [6.45, 7) is 2.58. The summed E-state index contributed by atoms with van der Waals surface area (Å²) in [5, 5.41) is 8.70. The molecule has 0 radical (unpaired) electrons. The number of nitrogens with zero attached hydrogens (tertiary/aromatic N) is 3. The Morgan fingerprint density at radius 2 is 1.98 bits per heavy atom. The molecular formula is C30H36ClFN6OS. The SMILES string of the molecule is C.Cc1ccc(CNS(C)=O)cc1-c1cc2c(NC3CCCCC3)c(C(N)=Nc3cc(F)ccc3Cl)cnn2c1. The van der Waals surface area contributed by atoms with Crippen molar-refractivity contribution in [1.82, 2.24) is 14.3 Å². The number of amidine groups is 1. The summed E-state index contributed by atoms with van der Waals surface area (Å²) in [5.74, 6) is -0.232. The number of hydrogen-bond donors (Lipinski definition) is 3. The van der Waals surface area contributed by atoms with Crippen molar-refractivity contribution in [3.8, 4) is 11.1 Å². The maximum Gasteiger partial charge on any atom is 0.135 e. The Bertz CT molecular complexity index is 1560. The van der Waals surface area contributed by atoms with Crippen LogP contribution in [0.4, 0.5) is 15.8 Å². The number of halogens is 2. The van der Waals surface area contributed by atoms with Crippen LogP contribution in [-0.2, 0) is 17.5 Å². The van der Waals surface area contributed by atoms with E-state index in [2.05, 4.69) is 45.3 Å². The van der Waals surface area contributed by atoms with Crippen LogP contribution in [0.3, 0.4) is 0 Å². The minimum atomic E-state index is -1.09. The molecule has 0 saturated heterocycles. The minimum Gasteiger partial charge on any atom is -0.383 e. The molecule has 1 saturated carbocycles. The van der Waals surface area contributed by atoms with Crippen molar-refractivity contribution in [3.05, 3.63) is 82.4 Å². The van der Waals surface area contributed by atoms with Gasteiger partial charge >= 0.3 is 0 Å². The third-order valence-corrected chi connectivity index (χ3v) is 7.98. The van der Waals surface area contributed by atoms with E-state index < -0.39 is 16.8 Å². The van der Waals surface area contributed by atoms with E-state index in [1.807, 2.05) is 16.8 Å². The molecule has 1 aliphatic rings. The number of rotatable bonds is 8. The maximum atomic E-state index is 13.9. The van der Waals surface area contributed by atoms with Crippen molar-refractivity contribution in [2.24, 2.45) is 10.7 Å². The van der Waals surface area contributed by atoms with Crippen molar-refractivity contribution < 1.29 is 8.60 Å². The zero-order valence-corrected chi connectivity index (χ0v) is 23.6. The van der Waals surface area contributed by atoms with Crippen LogP contribution in [0.25, 0.3) is 16.6 Å². The smallest absolute Gasteiger partial charge is 0.135 e. The Labute approximate surface area is 242 Å². The molecule has 0 aliphatic heterocycles. The molecule has 1 fully saturated rings. The summed E-state index contributed by atoms with van der Waals surface area (Å²) in [6.07, 6.45) is 11.0. The molecule has 2 heterocycles. The first kappa shape index (κ1) is 29.7. The van der Waals surface area contributed by atoms with Crippen molar-refractivity contribution in [3.63, 3.8) is 0 Å². The van der Waals surface area contributed by atoms with Crippen LogP contribution < -0.4 is 15.8 Å². The van der Waals surface area contributed by atoms with Crippen molar-refractivity contribution in [2.45, 2.75) is 59.0 Å². The Morgan fingerprint density at radius 3 is 2.73 bits per heavy atom. The van der Waals surface area contributed by atoms with Gasteiger partial charge in [0.15, 0.2) is 0 Å². The van der Waals surface area contributed by atoms with Gasteiger partial charge < -0.3 is 11.1 Å². The van der Waals surface area contributed by atoms with Gasteiger partial charge in [0.2, 0.25) is 0 Å². The van der Waals surface area contributed by atoms with Gasteiger partial charge in [0.1, 0.15) is 11.7 Å². The maximum absolute atomic E-state index is 13.9. The third-order valence-electron chi connectivity index (χ3n) is 7.11. The van der Waals surface area contributed by atoms with E-state index in [1.165, 1.54) is 37.5 Å². The van der Waals surface area contributed by atoms with Gasteiger partial charge in [-0.05, 0) is 60.7 Å². The molecule has 4 N–H and O–H groups in total. The number of aryl methyl sites for hydroxylation is 1. The zero-order chi connectivity index (χ0) is 27.5. The Morgan fingerprint density at radius 1 is 1.20 bits per heavy atom. The molecule has 0 amide bonds. The third kappa shape index (κ3) is 6.71. The summed E-state index contributed by atoms with van der Waals surface area (Å²) < 4.78 is 30.2. The average molecular weight is 583 g/mol. The highest BCUT2D eigenvalue weighted by Gasteiger charge is 2.20. The van der Waals surface area contributed by atoms with E-state index in [0.29, 0.717) is 23.2 Å². The molecule has 5 rings (SSSR count). The lowest BCUT2D eigenvalue weighted by atomic mass is 9.95. The van der Waals surface area contributed by atoms with Gasteiger partial charge in [0.25, 0.3) is 0 Å². The van der Waals surface area contributed by atoms with Crippen LogP contribution >= 0.6 is 11.6 Å². The standard InChI is InChI=1S/C29H32ClFN6OS.CH4/c1-18-8-9-19(15-34-39(2)38)12-23(18)20-13-27-28(35-22-6-4-3-5-7-22)24(16-33-37(27)17-20)29(32)36-26-14-21(31)10-11-25(26)30;/h8-14,16-17,22,34-35H,3-7,15H2,1-2H3,(H2,32,36);1H4. The number of hydrogen-bond acceptors (Lipinski definition) is 4. The summed E-state index contributed by atoms with van der Waals surface area (Å²) >= 11 is 6.27. The second kappa shape index (κ2) is 12.9. The van der Waals surface area contributed by atoms with Gasteiger partial charge in [-0.25, -0.2) is 22.8 Å². The summed E-state index contributed by atoms with van der Waals surface area (Å²) in [7, 11) is -1.09. The van der Waals surface area contributed by atoms with Crippen molar-refractivity contribution in [1.29, 1.82) is 0 Å². The number of aromatic nitrogens is 2. The van der Waals surface area contributed by atoms with Crippen LogP contribution in [0.15, 0.2) is 59.9 Å². The highest BCUT2D eigenvalue weighted by molar-refractivity contribution is 7.82. The molecule has 1 aliphatic carbocycles. The van der Waals surface area contributed by atoms with Gasteiger partial charge in [0, 0.05) is 36.7 Å². The number of fused-ring (bicyclic) bond motifs is 1. The molecule has 2 aromatic carbocycles. The van der Waals surface area contributed by atoms with E-state index >= 15 is 0 Å². The van der Waals surface area contributed by atoms with E-state index in [9.17, 15) is 8.60 Å². The van der Waals surface area contributed by atoms with Crippen LogP contribution in [0.5, 0.6) is 0 Å². The van der Waals surface area contributed by atoms with E-state index in [0.717, 1.165) is 46.3 Å². The fourth-order valence-electron chi connectivity index (χ4n) is 5.04. The highest BCUT2D eigenvalue weighted by atomic mass is 35.5. The zero-order valence-electron chi connectivity index (χ0n) is 22.0. The van der Waals surface area contributed by atoms with Gasteiger partial charge in [-0.1, -0.05) is 50.4 Å². The molecule has 212 valence electrons. The predicted octanol–water partition coefficient (Wildman–Crippen LogP) is 6.90. The Kier molecular flexibility index (Phi) is 9.60. The lowest BCUT2D eigenvalue weighted by molar-refractivity contribution is 0.463. The largest absolute Gasteiger partial charge is 0.383 e. The lowest BCUT2D eigenvalue weighted by Gasteiger charge is -2.25. The second-order valence-corrected chi connectivity index (χ2v) is 11.6. The molecule has 4 aromatic rings. The van der Waals surface area contributed by atoms with Crippen LogP contribution in [-0.4, -0.2) is 32.0 Å². The highest BCUT2D eigenvalue weighted by Crippen LogP contribution is 2.33. The first-order valence-electron chi connectivity index (χ1n) is 13.0. The van der Waals surface area contributed by atoms with Crippen LogP contribution in [0, 0.1) is 12.7 Å². The molecule has 0 spiro atoms. The first-order valence-corrected chi connectivity index (χ1v) is 15.0. The second-order valence-electron chi connectivity index (χ2n) is 9.99. The van der Waals surface area contributed by atoms with Gasteiger partial charge in [0.05, 0.1) is 44.7 Å². The predicted molar refractivity (Wildman–Crippen MR) is 165 cm³/mol. The topological polar surface area (TPSA) is 96.8 Å². The molecule has 1 atom stereocenters. The Hall–Kier alpha value is -3.27. The molecule has 40 heavy (non-hydrogen) atoms. The number of aliphatic imine (C=N–C) groups is 1. The van der Waals surface area contributed by atoms with E-state index in [-0.39, 0.29) is 18.9 Å². The first-order chi connectivity index (χ1) is 18.8. The number of anilines is 1. The van der Waals surface area contributed by atoms with Gasteiger partial charge in [-0.2, -0.15) is 5.10 Å². The fraction of sp³-hybridized carbons (Fsp3) is 0.333. The Balaban J connectivity index is 0.00000370. The average Bonchev–Trinajstić information content (AvgIpc) is 3.35. The molecule has 2 aromatic heterocycles.